The third kappa shape index (κ3) is 10.6. The monoisotopic (exact) mass is 255 g/mol. The molecule has 2 nitrogen and oxygen atoms in total. The van der Waals surface area contributed by atoms with E-state index in [0.717, 1.165) is 19.3 Å². The molecule has 0 aromatic rings. The van der Waals surface area contributed by atoms with Gasteiger partial charge in [-0.05, 0) is 24.7 Å². The Kier molecular flexibility index (Phi) is 11.2. The summed E-state index contributed by atoms with van der Waals surface area (Å²) in [6.45, 7) is 6.38. The van der Waals surface area contributed by atoms with Crippen molar-refractivity contribution < 1.29 is 9.90 Å². The van der Waals surface area contributed by atoms with Gasteiger partial charge >= 0.3 is 0 Å². The van der Waals surface area contributed by atoms with Gasteiger partial charge in [0.1, 0.15) is 0 Å². The Hall–Kier alpha value is -0.530. The van der Waals surface area contributed by atoms with Crippen LogP contribution in [0.2, 0.25) is 0 Å². The van der Waals surface area contributed by atoms with Gasteiger partial charge in [-0.15, -0.1) is 0 Å². The third-order valence-electron chi connectivity index (χ3n) is 3.50. The summed E-state index contributed by atoms with van der Waals surface area (Å²) in [5.74, 6) is -0.640. The van der Waals surface area contributed by atoms with Crippen molar-refractivity contribution in [3.63, 3.8) is 0 Å². The predicted octanol–water partition coefficient (Wildman–Crippen LogP) is 3.93. The van der Waals surface area contributed by atoms with Gasteiger partial charge in [0.2, 0.25) is 0 Å². The second-order valence-corrected chi connectivity index (χ2v) is 5.91. The number of carboxylic acids is 1. The van der Waals surface area contributed by atoms with Crippen molar-refractivity contribution in [3.8, 4) is 0 Å². The summed E-state index contributed by atoms with van der Waals surface area (Å²) in [5, 5.41) is 11.0. The molecule has 0 bridgehead atoms. The van der Waals surface area contributed by atoms with Crippen LogP contribution >= 0.6 is 0 Å². The van der Waals surface area contributed by atoms with Crippen molar-refractivity contribution in [2.75, 3.05) is 0 Å². The standard InChI is InChI=1S/C16H32O2/c1-4-5-6-7-8-9-10-11-12-15(16(17)18)13-14(2)3/h14-15H,4-13H2,1-3H3,(H,17,18)/p-1. The fraction of sp³-hybridized carbons (Fsp3) is 0.938. The summed E-state index contributed by atoms with van der Waals surface area (Å²) in [6, 6.07) is 0. The van der Waals surface area contributed by atoms with Crippen molar-refractivity contribution >= 4 is 5.97 Å². The third-order valence-corrected chi connectivity index (χ3v) is 3.50. The van der Waals surface area contributed by atoms with E-state index in [-0.39, 0.29) is 5.92 Å². The molecule has 0 spiro atoms. The molecule has 0 saturated carbocycles. The summed E-state index contributed by atoms with van der Waals surface area (Å²) in [6.07, 6.45) is 11.7. The van der Waals surface area contributed by atoms with Crippen LogP contribution in [-0.2, 0) is 4.79 Å². The van der Waals surface area contributed by atoms with Crippen LogP contribution in [0, 0.1) is 11.8 Å². The van der Waals surface area contributed by atoms with Gasteiger partial charge in [0.15, 0.2) is 0 Å². The van der Waals surface area contributed by atoms with Gasteiger partial charge in [0.25, 0.3) is 0 Å². The lowest BCUT2D eigenvalue weighted by atomic mass is 9.92. The van der Waals surface area contributed by atoms with Crippen LogP contribution in [0.4, 0.5) is 0 Å². The van der Waals surface area contributed by atoms with E-state index in [1.54, 1.807) is 0 Å². The lowest BCUT2D eigenvalue weighted by Gasteiger charge is -2.19. The Morgan fingerprint density at radius 1 is 0.944 bits per heavy atom. The number of carbonyl (C=O) groups is 1. The summed E-state index contributed by atoms with van der Waals surface area (Å²) >= 11 is 0. The van der Waals surface area contributed by atoms with E-state index < -0.39 is 5.97 Å². The largest absolute Gasteiger partial charge is 0.550 e. The molecular formula is C16H31O2-. The molecule has 1 atom stereocenters. The van der Waals surface area contributed by atoms with E-state index >= 15 is 0 Å². The van der Waals surface area contributed by atoms with Crippen LogP contribution in [0.15, 0.2) is 0 Å². The van der Waals surface area contributed by atoms with E-state index in [9.17, 15) is 9.90 Å². The molecule has 0 rings (SSSR count). The minimum Gasteiger partial charge on any atom is -0.550 e. The van der Waals surface area contributed by atoms with Crippen molar-refractivity contribution in [1.82, 2.24) is 0 Å². The summed E-state index contributed by atoms with van der Waals surface area (Å²) in [7, 11) is 0. The molecule has 0 aliphatic rings. The van der Waals surface area contributed by atoms with Crippen LogP contribution in [0.25, 0.3) is 0 Å². The fourth-order valence-corrected chi connectivity index (χ4v) is 2.43. The summed E-state index contributed by atoms with van der Waals surface area (Å²) in [4.78, 5) is 11.0. The first-order chi connectivity index (χ1) is 8.57. The molecular weight excluding hydrogens is 224 g/mol. The number of unbranched alkanes of at least 4 members (excludes halogenated alkanes) is 7. The van der Waals surface area contributed by atoms with Crippen LogP contribution in [0.3, 0.4) is 0 Å². The maximum absolute atomic E-state index is 11.0. The molecule has 0 radical (unpaired) electrons. The van der Waals surface area contributed by atoms with Crippen molar-refractivity contribution in [2.24, 2.45) is 11.8 Å². The molecule has 0 fully saturated rings. The molecule has 0 amide bonds. The van der Waals surface area contributed by atoms with Gasteiger partial charge in [-0.2, -0.15) is 0 Å². The van der Waals surface area contributed by atoms with Crippen LogP contribution in [0.1, 0.15) is 85.0 Å². The van der Waals surface area contributed by atoms with Crippen molar-refractivity contribution in [2.45, 2.75) is 85.0 Å². The van der Waals surface area contributed by atoms with Crippen LogP contribution in [-0.4, -0.2) is 5.97 Å². The quantitative estimate of drug-likeness (QED) is 0.496. The fourth-order valence-electron chi connectivity index (χ4n) is 2.43. The minimum absolute atomic E-state index is 0.231. The highest BCUT2D eigenvalue weighted by molar-refractivity contribution is 5.67. The number of hydrogen-bond acceptors (Lipinski definition) is 2. The molecule has 108 valence electrons. The minimum atomic E-state index is -0.855. The molecule has 18 heavy (non-hydrogen) atoms. The molecule has 2 heteroatoms. The zero-order valence-corrected chi connectivity index (χ0v) is 12.5. The van der Waals surface area contributed by atoms with Gasteiger partial charge in [-0.3, -0.25) is 0 Å². The Balaban J connectivity index is 3.47. The van der Waals surface area contributed by atoms with Crippen LogP contribution in [0.5, 0.6) is 0 Å². The predicted molar refractivity (Wildman–Crippen MR) is 75.2 cm³/mol. The van der Waals surface area contributed by atoms with E-state index in [1.165, 1.54) is 44.9 Å². The molecule has 0 heterocycles. The highest BCUT2D eigenvalue weighted by Gasteiger charge is 2.11. The average molecular weight is 255 g/mol. The van der Waals surface area contributed by atoms with Gasteiger partial charge < -0.3 is 9.90 Å². The van der Waals surface area contributed by atoms with Gasteiger partial charge in [-0.25, -0.2) is 0 Å². The second-order valence-electron chi connectivity index (χ2n) is 5.91. The smallest absolute Gasteiger partial charge is 0.0445 e. The first kappa shape index (κ1) is 17.5. The zero-order valence-electron chi connectivity index (χ0n) is 12.5. The van der Waals surface area contributed by atoms with Gasteiger partial charge in [0, 0.05) is 5.97 Å². The number of carbonyl (C=O) groups excluding carboxylic acids is 1. The lowest BCUT2D eigenvalue weighted by molar-refractivity contribution is -0.312. The first-order valence-corrected chi connectivity index (χ1v) is 7.78. The van der Waals surface area contributed by atoms with E-state index in [0.29, 0.717) is 5.92 Å². The second kappa shape index (κ2) is 11.6. The highest BCUT2D eigenvalue weighted by Crippen LogP contribution is 2.19. The van der Waals surface area contributed by atoms with Crippen molar-refractivity contribution in [3.05, 3.63) is 0 Å². The normalized spacial score (nSPS) is 12.9. The number of rotatable bonds is 12. The van der Waals surface area contributed by atoms with E-state index in [2.05, 4.69) is 20.8 Å². The van der Waals surface area contributed by atoms with E-state index in [1.807, 2.05) is 0 Å². The highest BCUT2D eigenvalue weighted by atomic mass is 16.4. The topological polar surface area (TPSA) is 40.1 Å². The first-order valence-electron chi connectivity index (χ1n) is 7.78. The number of carboxylic acid groups (broad SMARTS) is 1. The Labute approximate surface area is 113 Å². The molecule has 0 N–H and O–H groups in total. The maximum Gasteiger partial charge on any atom is 0.0445 e. The van der Waals surface area contributed by atoms with Crippen LogP contribution < -0.4 is 5.11 Å². The zero-order chi connectivity index (χ0) is 13.8. The lowest BCUT2D eigenvalue weighted by Crippen LogP contribution is -2.32. The summed E-state index contributed by atoms with van der Waals surface area (Å²) in [5.41, 5.74) is 0. The maximum atomic E-state index is 11.0. The van der Waals surface area contributed by atoms with Gasteiger partial charge in [0.05, 0.1) is 0 Å². The average Bonchev–Trinajstić information content (AvgIpc) is 2.30. The SMILES string of the molecule is CCCCCCCCCCC(CC(C)C)C(=O)[O-]. The Bertz CT molecular complexity index is 199. The molecule has 0 aliphatic carbocycles. The summed E-state index contributed by atoms with van der Waals surface area (Å²) < 4.78 is 0. The molecule has 0 aromatic carbocycles. The molecule has 1 unspecified atom stereocenters. The van der Waals surface area contributed by atoms with Gasteiger partial charge in [-0.1, -0.05) is 72.1 Å². The van der Waals surface area contributed by atoms with E-state index in [4.69, 9.17) is 0 Å². The Morgan fingerprint density at radius 3 is 1.89 bits per heavy atom. The molecule has 0 aliphatic heterocycles. The van der Waals surface area contributed by atoms with Crippen molar-refractivity contribution in [1.29, 1.82) is 0 Å². The number of aliphatic carboxylic acids is 1. The molecule has 0 saturated heterocycles. The number of hydrogen-bond donors (Lipinski definition) is 0. The molecule has 0 aromatic heterocycles. The Morgan fingerprint density at radius 2 is 1.44 bits per heavy atom.